The average molecular weight is 360 g/mol. The molecular formula is C16H11BrFN3O. The minimum Gasteiger partial charge on any atom is -0.305 e. The summed E-state index contributed by atoms with van der Waals surface area (Å²) < 4.78 is 13.9. The van der Waals surface area contributed by atoms with E-state index in [1.807, 2.05) is 6.07 Å². The number of nitrogens with one attached hydrogen (secondary N) is 2. The number of nitrogens with zero attached hydrogens (tertiary/aromatic N) is 1. The van der Waals surface area contributed by atoms with Crippen molar-refractivity contribution in [2.75, 3.05) is 5.32 Å². The van der Waals surface area contributed by atoms with Gasteiger partial charge in [-0.2, -0.15) is 5.10 Å². The van der Waals surface area contributed by atoms with Gasteiger partial charge in [0.05, 0.1) is 11.3 Å². The minimum absolute atomic E-state index is 0.273. The highest BCUT2D eigenvalue weighted by Crippen LogP contribution is 2.22. The Morgan fingerprint density at radius 1 is 1.14 bits per heavy atom. The normalized spacial score (nSPS) is 10.5. The summed E-state index contributed by atoms with van der Waals surface area (Å²) in [6.45, 7) is 0. The summed E-state index contributed by atoms with van der Waals surface area (Å²) in [5.74, 6) is -0.226. The van der Waals surface area contributed by atoms with Gasteiger partial charge in [0, 0.05) is 16.1 Å². The van der Waals surface area contributed by atoms with Crippen molar-refractivity contribution in [1.82, 2.24) is 10.2 Å². The fourth-order valence-electron chi connectivity index (χ4n) is 2.02. The maximum atomic E-state index is 13.2. The van der Waals surface area contributed by atoms with Crippen molar-refractivity contribution in [2.45, 2.75) is 0 Å². The van der Waals surface area contributed by atoms with E-state index >= 15 is 0 Å². The summed E-state index contributed by atoms with van der Waals surface area (Å²) in [6.07, 6.45) is 0. The maximum Gasteiger partial charge on any atom is 0.258 e. The van der Waals surface area contributed by atoms with Gasteiger partial charge >= 0.3 is 0 Å². The van der Waals surface area contributed by atoms with Crippen molar-refractivity contribution in [2.24, 2.45) is 0 Å². The van der Waals surface area contributed by atoms with Gasteiger partial charge in [0.15, 0.2) is 5.82 Å². The molecule has 0 radical (unpaired) electrons. The smallest absolute Gasteiger partial charge is 0.258 e. The van der Waals surface area contributed by atoms with E-state index < -0.39 is 0 Å². The van der Waals surface area contributed by atoms with E-state index in [1.54, 1.807) is 36.4 Å². The number of carbonyl (C=O) groups excluding carboxylic acids is 1. The molecule has 110 valence electrons. The van der Waals surface area contributed by atoms with Crippen LogP contribution in [0, 0.1) is 5.82 Å². The van der Waals surface area contributed by atoms with E-state index in [0.29, 0.717) is 27.1 Å². The van der Waals surface area contributed by atoms with Crippen LogP contribution >= 0.6 is 15.9 Å². The van der Waals surface area contributed by atoms with Crippen molar-refractivity contribution in [1.29, 1.82) is 0 Å². The third-order valence-electron chi connectivity index (χ3n) is 3.07. The molecule has 1 aromatic heterocycles. The number of aromatic amines is 1. The Kier molecular flexibility index (Phi) is 4.02. The number of aromatic nitrogens is 2. The van der Waals surface area contributed by atoms with Gasteiger partial charge in [-0.1, -0.05) is 24.3 Å². The highest BCUT2D eigenvalue weighted by atomic mass is 79.9. The molecule has 0 aliphatic heterocycles. The summed E-state index contributed by atoms with van der Waals surface area (Å²) >= 11 is 3.33. The van der Waals surface area contributed by atoms with Crippen LogP contribution < -0.4 is 5.32 Å². The first-order valence-corrected chi connectivity index (χ1v) is 7.30. The number of rotatable bonds is 3. The predicted molar refractivity (Wildman–Crippen MR) is 86.1 cm³/mol. The lowest BCUT2D eigenvalue weighted by atomic mass is 10.1. The Hall–Kier alpha value is -2.47. The first-order valence-electron chi connectivity index (χ1n) is 6.51. The van der Waals surface area contributed by atoms with Crippen LogP contribution in [0.2, 0.25) is 0 Å². The van der Waals surface area contributed by atoms with Crippen molar-refractivity contribution < 1.29 is 9.18 Å². The molecule has 0 bridgehead atoms. The minimum atomic E-state index is -0.328. The highest BCUT2D eigenvalue weighted by molar-refractivity contribution is 9.10. The summed E-state index contributed by atoms with van der Waals surface area (Å²) in [5.41, 5.74) is 1.80. The second-order valence-electron chi connectivity index (χ2n) is 4.61. The molecule has 1 heterocycles. The number of hydrogen-bond donors (Lipinski definition) is 2. The van der Waals surface area contributed by atoms with E-state index in [-0.39, 0.29) is 11.7 Å². The Labute approximate surface area is 134 Å². The van der Waals surface area contributed by atoms with Crippen LogP contribution in [0.4, 0.5) is 10.2 Å². The topological polar surface area (TPSA) is 57.8 Å². The number of hydrogen-bond acceptors (Lipinski definition) is 2. The molecule has 22 heavy (non-hydrogen) atoms. The summed E-state index contributed by atoms with van der Waals surface area (Å²) in [6, 6.07) is 14.9. The van der Waals surface area contributed by atoms with Crippen LogP contribution in [0.1, 0.15) is 10.4 Å². The quantitative estimate of drug-likeness (QED) is 0.734. The van der Waals surface area contributed by atoms with Crippen LogP contribution in [-0.2, 0) is 0 Å². The van der Waals surface area contributed by atoms with Gasteiger partial charge in [0.2, 0.25) is 0 Å². The first kappa shape index (κ1) is 14.5. The largest absolute Gasteiger partial charge is 0.305 e. The van der Waals surface area contributed by atoms with Gasteiger partial charge in [-0.05, 0) is 40.2 Å². The van der Waals surface area contributed by atoms with Crippen molar-refractivity contribution in [3.63, 3.8) is 0 Å². The third-order valence-corrected chi connectivity index (χ3v) is 3.77. The molecule has 3 rings (SSSR count). The van der Waals surface area contributed by atoms with E-state index in [9.17, 15) is 9.18 Å². The molecule has 6 heteroatoms. The zero-order chi connectivity index (χ0) is 15.5. The van der Waals surface area contributed by atoms with E-state index in [1.165, 1.54) is 12.1 Å². The molecule has 2 aromatic carbocycles. The third kappa shape index (κ3) is 3.07. The molecule has 3 aromatic rings. The van der Waals surface area contributed by atoms with E-state index in [0.717, 1.165) is 0 Å². The van der Waals surface area contributed by atoms with Crippen LogP contribution in [0.3, 0.4) is 0 Å². The summed E-state index contributed by atoms with van der Waals surface area (Å²) in [7, 11) is 0. The van der Waals surface area contributed by atoms with Crippen molar-refractivity contribution in [3.8, 4) is 11.3 Å². The van der Waals surface area contributed by atoms with Gasteiger partial charge in [-0.25, -0.2) is 4.39 Å². The molecule has 0 saturated heterocycles. The molecule has 0 fully saturated rings. The van der Waals surface area contributed by atoms with Crippen LogP contribution in [0.25, 0.3) is 11.3 Å². The zero-order valence-corrected chi connectivity index (χ0v) is 12.9. The van der Waals surface area contributed by atoms with Crippen molar-refractivity contribution in [3.05, 3.63) is 70.5 Å². The lowest BCUT2D eigenvalue weighted by molar-refractivity contribution is 0.102. The molecule has 0 spiro atoms. The molecular weight excluding hydrogens is 349 g/mol. The molecule has 0 aliphatic rings. The molecule has 0 aliphatic carbocycles. The van der Waals surface area contributed by atoms with Gasteiger partial charge in [-0.3, -0.25) is 9.89 Å². The standard InChI is InChI=1S/C16H11BrFN3O/c17-13-7-2-1-6-12(13)16(22)19-15-9-14(20-21-15)10-4-3-5-11(18)8-10/h1-9H,(H2,19,20,21,22). The predicted octanol–water partition coefficient (Wildman–Crippen LogP) is 4.23. The second-order valence-corrected chi connectivity index (χ2v) is 5.47. The van der Waals surface area contributed by atoms with Crippen molar-refractivity contribution >= 4 is 27.7 Å². The fraction of sp³-hybridized carbons (Fsp3) is 0. The fourth-order valence-corrected chi connectivity index (χ4v) is 2.48. The number of benzene rings is 2. The number of carbonyl (C=O) groups is 1. The second kappa shape index (κ2) is 6.11. The molecule has 4 nitrogen and oxygen atoms in total. The Balaban J connectivity index is 1.80. The van der Waals surface area contributed by atoms with Crippen LogP contribution in [0.15, 0.2) is 59.1 Å². The molecule has 1 amide bonds. The van der Waals surface area contributed by atoms with Crippen LogP contribution in [-0.4, -0.2) is 16.1 Å². The molecule has 0 unspecified atom stereocenters. The summed E-state index contributed by atoms with van der Waals surface area (Å²) in [5, 5.41) is 9.50. The Bertz CT molecular complexity index is 832. The monoisotopic (exact) mass is 359 g/mol. The Morgan fingerprint density at radius 2 is 1.95 bits per heavy atom. The van der Waals surface area contributed by atoms with E-state index in [2.05, 4.69) is 31.4 Å². The highest BCUT2D eigenvalue weighted by Gasteiger charge is 2.12. The maximum absolute atomic E-state index is 13.2. The number of H-pyrrole nitrogens is 1. The SMILES string of the molecule is O=C(Nc1cc(-c2cccc(F)c2)[nH]n1)c1ccccc1Br. The molecule has 2 N–H and O–H groups in total. The lowest BCUT2D eigenvalue weighted by Crippen LogP contribution is -2.12. The summed E-state index contributed by atoms with van der Waals surface area (Å²) in [4.78, 5) is 12.2. The van der Waals surface area contributed by atoms with Gasteiger partial charge in [0.1, 0.15) is 5.82 Å². The Morgan fingerprint density at radius 3 is 2.73 bits per heavy atom. The van der Waals surface area contributed by atoms with Gasteiger partial charge < -0.3 is 5.32 Å². The lowest BCUT2D eigenvalue weighted by Gasteiger charge is -2.03. The molecule has 0 saturated carbocycles. The van der Waals surface area contributed by atoms with E-state index in [4.69, 9.17) is 0 Å². The zero-order valence-electron chi connectivity index (χ0n) is 11.3. The average Bonchev–Trinajstić information content (AvgIpc) is 2.96. The molecule has 0 atom stereocenters. The van der Waals surface area contributed by atoms with Gasteiger partial charge in [-0.15, -0.1) is 0 Å². The van der Waals surface area contributed by atoms with Gasteiger partial charge in [0.25, 0.3) is 5.91 Å². The number of amides is 1. The number of anilines is 1. The van der Waals surface area contributed by atoms with Crippen LogP contribution in [0.5, 0.6) is 0 Å². The first-order chi connectivity index (χ1) is 10.6. The number of halogens is 2.